The Bertz CT molecular complexity index is 408. The number of carbonyl (C=O) groups is 1. The largest absolute Gasteiger partial charge is 0.369 e. The average Bonchev–Trinajstić information content (AvgIpc) is 2.32. The average molecular weight is 254 g/mol. The molecule has 1 aromatic rings. The fourth-order valence-electron chi connectivity index (χ4n) is 2.47. The van der Waals surface area contributed by atoms with Gasteiger partial charge in [0.2, 0.25) is 5.91 Å². The Morgan fingerprint density at radius 2 is 2.24 bits per heavy atom. The van der Waals surface area contributed by atoms with Gasteiger partial charge in [-0.15, -0.1) is 0 Å². The third kappa shape index (κ3) is 3.20. The molecule has 3 N–H and O–H groups in total. The lowest BCUT2D eigenvalue weighted by atomic mass is 9.97. The molecule has 1 amide bonds. The van der Waals surface area contributed by atoms with Crippen LogP contribution < -0.4 is 10.6 Å². The number of likely N-dealkylation sites (tertiary alicyclic amines) is 1. The van der Waals surface area contributed by atoms with E-state index in [1.807, 2.05) is 24.3 Å². The summed E-state index contributed by atoms with van der Waals surface area (Å²) in [5.74, 6) is -0.136. The van der Waals surface area contributed by atoms with Gasteiger partial charge >= 0.3 is 0 Å². The zero-order chi connectivity index (χ0) is 12.3. The fourth-order valence-corrected chi connectivity index (χ4v) is 2.67. The predicted octanol–water partition coefficient (Wildman–Crippen LogP) is 0.620. The number of rotatable bonds is 3. The summed E-state index contributed by atoms with van der Waals surface area (Å²) in [6.45, 7) is 2.80. The highest BCUT2D eigenvalue weighted by atomic mass is 35.5. The van der Waals surface area contributed by atoms with Gasteiger partial charge in [-0.25, -0.2) is 0 Å². The summed E-state index contributed by atoms with van der Waals surface area (Å²) in [5.41, 5.74) is 6.52. The second kappa shape index (κ2) is 5.52. The van der Waals surface area contributed by atoms with Crippen LogP contribution in [0, 0.1) is 5.92 Å². The van der Waals surface area contributed by atoms with Gasteiger partial charge in [-0.1, -0.05) is 29.8 Å². The van der Waals surface area contributed by atoms with Crippen molar-refractivity contribution in [2.75, 3.05) is 13.1 Å². The lowest BCUT2D eigenvalue weighted by molar-refractivity contribution is -0.921. The number of carbonyl (C=O) groups excluding carboxylic acids is 1. The second-order valence-corrected chi connectivity index (χ2v) is 5.12. The monoisotopic (exact) mass is 253 g/mol. The molecule has 17 heavy (non-hydrogen) atoms. The summed E-state index contributed by atoms with van der Waals surface area (Å²) in [6.07, 6.45) is 1.99. The molecule has 3 nitrogen and oxygen atoms in total. The highest BCUT2D eigenvalue weighted by molar-refractivity contribution is 6.31. The number of nitrogens with one attached hydrogen (secondary N) is 1. The van der Waals surface area contributed by atoms with Crippen LogP contribution in [-0.4, -0.2) is 19.0 Å². The first kappa shape index (κ1) is 12.4. The van der Waals surface area contributed by atoms with Crippen LogP contribution in [0.15, 0.2) is 24.3 Å². The molecule has 2 rings (SSSR count). The van der Waals surface area contributed by atoms with Crippen molar-refractivity contribution in [3.8, 4) is 0 Å². The number of hydrogen-bond donors (Lipinski definition) is 2. The summed E-state index contributed by atoms with van der Waals surface area (Å²) in [4.78, 5) is 12.6. The third-order valence-electron chi connectivity index (χ3n) is 3.42. The van der Waals surface area contributed by atoms with Crippen LogP contribution in [-0.2, 0) is 11.3 Å². The molecule has 1 aliphatic rings. The van der Waals surface area contributed by atoms with Crippen molar-refractivity contribution >= 4 is 17.5 Å². The SMILES string of the molecule is NC(=O)[C@H]1CCC[NH+](Cc2ccccc2Cl)C1. The molecule has 0 aromatic heterocycles. The predicted molar refractivity (Wildman–Crippen MR) is 67.8 cm³/mol. The fraction of sp³-hybridized carbons (Fsp3) is 0.462. The van der Waals surface area contributed by atoms with Crippen molar-refractivity contribution in [1.29, 1.82) is 0 Å². The molecule has 1 saturated heterocycles. The minimum Gasteiger partial charge on any atom is -0.369 e. The molecule has 1 aromatic carbocycles. The summed E-state index contributed by atoms with van der Waals surface area (Å²) in [5, 5.41) is 0.807. The number of piperidine rings is 1. The maximum Gasteiger partial charge on any atom is 0.226 e. The number of benzene rings is 1. The normalized spacial score (nSPS) is 24.5. The van der Waals surface area contributed by atoms with Crippen molar-refractivity contribution in [2.45, 2.75) is 19.4 Å². The minimum atomic E-state index is -0.165. The third-order valence-corrected chi connectivity index (χ3v) is 3.79. The molecule has 1 aliphatic heterocycles. The molecule has 0 bridgehead atoms. The zero-order valence-corrected chi connectivity index (χ0v) is 10.5. The van der Waals surface area contributed by atoms with Gasteiger partial charge in [0.1, 0.15) is 6.54 Å². The van der Waals surface area contributed by atoms with E-state index in [1.165, 1.54) is 4.90 Å². The van der Waals surface area contributed by atoms with E-state index in [1.54, 1.807) is 0 Å². The van der Waals surface area contributed by atoms with Crippen LogP contribution >= 0.6 is 11.6 Å². The molecule has 92 valence electrons. The van der Waals surface area contributed by atoms with Crippen LogP contribution in [0.4, 0.5) is 0 Å². The number of amides is 1. The van der Waals surface area contributed by atoms with Crippen LogP contribution in [0.5, 0.6) is 0 Å². The van der Waals surface area contributed by atoms with Gasteiger partial charge in [-0.05, 0) is 18.9 Å². The number of nitrogens with two attached hydrogens (primary N) is 1. The standard InChI is InChI=1S/C13H17ClN2O/c14-12-6-2-1-4-10(12)8-16-7-3-5-11(9-16)13(15)17/h1-2,4,6,11H,3,5,7-9H2,(H2,15,17)/p+1/t11-/m0/s1. The molecular weight excluding hydrogens is 236 g/mol. The maximum atomic E-state index is 11.2. The first-order valence-electron chi connectivity index (χ1n) is 6.03. The Hall–Kier alpha value is -1.06. The second-order valence-electron chi connectivity index (χ2n) is 4.71. The molecule has 0 radical (unpaired) electrons. The molecule has 1 heterocycles. The van der Waals surface area contributed by atoms with Gasteiger partial charge in [-0.3, -0.25) is 4.79 Å². The van der Waals surface area contributed by atoms with E-state index in [-0.39, 0.29) is 11.8 Å². The number of primary amides is 1. The van der Waals surface area contributed by atoms with Gasteiger partial charge < -0.3 is 10.6 Å². The minimum absolute atomic E-state index is 0.0289. The molecule has 2 atom stereocenters. The Labute approximate surface area is 107 Å². The van der Waals surface area contributed by atoms with E-state index in [0.29, 0.717) is 0 Å². The molecule has 1 fully saturated rings. The van der Waals surface area contributed by atoms with E-state index in [0.717, 1.165) is 43.1 Å². The lowest BCUT2D eigenvalue weighted by Gasteiger charge is -2.28. The molecule has 0 aliphatic carbocycles. The van der Waals surface area contributed by atoms with Gasteiger partial charge in [0.05, 0.1) is 19.0 Å². The van der Waals surface area contributed by atoms with Crippen LogP contribution in [0.2, 0.25) is 5.02 Å². The summed E-state index contributed by atoms with van der Waals surface area (Å²) >= 11 is 6.14. The highest BCUT2D eigenvalue weighted by Gasteiger charge is 2.27. The van der Waals surface area contributed by atoms with Crippen LogP contribution in [0.3, 0.4) is 0 Å². The molecule has 4 heteroatoms. The summed E-state index contributed by atoms with van der Waals surface area (Å²) in [7, 11) is 0. The van der Waals surface area contributed by atoms with Crippen LogP contribution in [0.1, 0.15) is 18.4 Å². The number of halogens is 1. The summed E-state index contributed by atoms with van der Waals surface area (Å²) in [6, 6.07) is 7.88. The van der Waals surface area contributed by atoms with E-state index < -0.39 is 0 Å². The summed E-state index contributed by atoms with van der Waals surface area (Å²) < 4.78 is 0. The van der Waals surface area contributed by atoms with Crippen molar-refractivity contribution in [3.63, 3.8) is 0 Å². The zero-order valence-electron chi connectivity index (χ0n) is 9.79. The first-order chi connectivity index (χ1) is 8.16. The molecular formula is C13H18ClN2O+. The topological polar surface area (TPSA) is 47.5 Å². The Kier molecular flexibility index (Phi) is 4.02. The van der Waals surface area contributed by atoms with E-state index in [4.69, 9.17) is 17.3 Å². The first-order valence-corrected chi connectivity index (χ1v) is 6.41. The lowest BCUT2D eigenvalue weighted by Crippen LogP contribution is -3.12. The van der Waals surface area contributed by atoms with Crippen molar-refractivity contribution in [1.82, 2.24) is 0 Å². The Morgan fingerprint density at radius 1 is 1.47 bits per heavy atom. The van der Waals surface area contributed by atoms with E-state index in [2.05, 4.69) is 0 Å². The smallest absolute Gasteiger partial charge is 0.226 e. The molecule has 1 unspecified atom stereocenters. The highest BCUT2D eigenvalue weighted by Crippen LogP contribution is 2.14. The Morgan fingerprint density at radius 3 is 2.94 bits per heavy atom. The van der Waals surface area contributed by atoms with E-state index >= 15 is 0 Å². The maximum absolute atomic E-state index is 11.2. The van der Waals surface area contributed by atoms with Crippen molar-refractivity contribution in [2.24, 2.45) is 11.7 Å². The van der Waals surface area contributed by atoms with E-state index in [9.17, 15) is 4.79 Å². The Balaban J connectivity index is 1.99. The quantitative estimate of drug-likeness (QED) is 0.815. The van der Waals surface area contributed by atoms with Gasteiger partial charge in [-0.2, -0.15) is 0 Å². The van der Waals surface area contributed by atoms with Crippen LogP contribution in [0.25, 0.3) is 0 Å². The van der Waals surface area contributed by atoms with Gasteiger partial charge in [0, 0.05) is 10.6 Å². The van der Waals surface area contributed by atoms with Crippen molar-refractivity contribution < 1.29 is 9.69 Å². The molecule has 0 saturated carbocycles. The van der Waals surface area contributed by atoms with Crippen molar-refractivity contribution in [3.05, 3.63) is 34.9 Å². The van der Waals surface area contributed by atoms with Gasteiger partial charge in [0.15, 0.2) is 0 Å². The molecule has 0 spiro atoms. The number of hydrogen-bond acceptors (Lipinski definition) is 1. The van der Waals surface area contributed by atoms with Gasteiger partial charge in [0.25, 0.3) is 0 Å². The number of quaternary nitrogens is 1.